The first-order valence-corrected chi connectivity index (χ1v) is 14.6. The molecular formula is C25H36N2O8Si. The van der Waals surface area contributed by atoms with Crippen molar-refractivity contribution in [1.82, 2.24) is 4.90 Å². The fourth-order valence-corrected chi connectivity index (χ4v) is 4.74. The van der Waals surface area contributed by atoms with E-state index in [4.69, 9.17) is 13.9 Å². The van der Waals surface area contributed by atoms with Crippen LogP contribution in [0, 0.1) is 27.4 Å². The summed E-state index contributed by atoms with van der Waals surface area (Å²) >= 11 is 0. The second kappa shape index (κ2) is 11.8. The topological polar surface area (TPSA) is 125 Å². The maximum Gasteiger partial charge on any atom is 0.333 e. The minimum Gasteiger partial charge on any atom is -0.459 e. The van der Waals surface area contributed by atoms with Gasteiger partial charge in [-0.15, -0.1) is 0 Å². The number of amides is 1. The van der Waals surface area contributed by atoms with Crippen LogP contribution in [0.15, 0.2) is 36.4 Å². The van der Waals surface area contributed by atoms with Crippen LogP contribution in [-0.4, -0.2) is 55.6 Å². The molecule has 0 radical (unpaired) electrons. The van der Waals surface area contributed by atoms with Gasteiger partial charge in [-0.25, -0.2) is 4.79 Å². The van der Waals surface area contributed by atoms with Crippen LogP contribution >= 0.6 is 0 Å². The highest BCUT2D eigenvalue weighted by atomic mass is 28.3. The van der Waals surface area contributed by atoms with Crippen molar-refractivity contribution >= 4 is 32.6 Å². The second-order valence-corrected chi connectivity index (χ2v) is 12.8. The molecule has 10 nitrogen and oxygen atoms in total. The third-order valence-corrected chi connectivity index (χ3v) is 6.92. The predicted octanol–water partition coefficient (Wildman–Crippen LogP) is 3.59. The van der Waals surface area contributed by atoms with Gasteiger partial charge in [-0.2, -0.15) is 0 Å². The Balaban J connectivity index is 2.27. The number of carbonyl (C=O) groups is 3. The summed E-state index contributed by atoms with van der Waals surface area (Å²) in [6.45, 7) is 17.0. The van der Waals surface area contributed by atoms with E-state index in [1.165, 1.54) is 36.1 Å². The number of hydrogen-bond acceptors (Lipinski definition) is 8. The lowest BCUT2D eigenvalue weighted by atomic mass is 9.68. The van der Waals surface area contributed by atoms with Crippen molar-refractivity contribution in [3.8, 4) is 0 Å². The molecule has 0 aliphatic carbocycles. The van der Waals surface area contributed by atoms with Gasteiger partial charge in [0, 0.05) is 31.6 Å². The van der Waals surface area contributed by atoms with Gasteiger partial charge in [0.1, 0.15) is 12.5 Å². The summed E-state index contributed by atoms with van der Waals surface area (Å²) in [5.41, 5.74) is 0.486. The van der Waals surface area contributed by atoms with E-state index in [0.717, 1.165) is 0 Å². The molecule has 1 fully saturated rings. The summed E-state index contributed by atoms with van der Waals surface area (Å²) in [5, 5.41) is 10.8. The van der Waals surface area contributed by atoms with E-state index in [1.807, 2.05) is 33.9 Å². The zero-order valence-corrected chi connectivity index (χ0v) is 23.1. The van der Waals surface area contributed by atoms with E-state index < -0.39 is 44.1 Å². The molecular weight excluding hydrogens is 484 g/mol. The van der Waals surface area contributed by atoms with Gasteiger partial charge >= 0.3 is 11.9 Å². The molecule has 2 rings (SSSR count). The predicted molar refractivity (Wildman–Crippen MR) is 135 cm³/mol. The average Bonchev–Trinajstić information content (AvgIpc) is 2.76. The average molecular weight is 521 g/mol. The summed E-state index contributed by atoms with van der Waals surface area (Å²) in [4.78, 5) is 50.1. The normalized spacial score (nSPS) is 19.3. The molecule has 1 unspecified atom stereocenters. The van der Waals surface area contributed by atoms with Crippen LogP contribution in [0.5, 0.6) is 0 Å². The Kier molecular flexibility index (Phi) is 9.55. The number of hydrogen-bond donors (Lipinski definition) is 0. The van der Waals surface area contributed by atoms with E-state index in [-0.39, 0.29) is 29.5 Å². The monoisotopic (exact) mass is 520 g/mol. The summed E-state index contributed by atoms with van der Waals surface area (Å²) in [6, 6.07) is 4.44. The van der Waals surface area contributed by atoms with E-state index in [9.17, 15) is 24.5 Å². The van der Waals surface area contributed by atoms with Gasteiger partial charge in [-0.05, 0) is 48.7 Å². The Bertz CT molecular complexity index is 1000. The smallest absolute Gasteiger partial charge is 0.333 e. The maximum atomic E-state index is 13.5. The summed E-state index contributed by atoms with van der Waals surface area (Å²) in [5.74, 6) is -2.57. The molecule has 0 saturated carbocycles. The summed E-state index contributed by atoms with van der Waals surface area (Å²) < 4.78 is 16.9. The minimum absolute atomic E-state index is 0.0798. The number of benzene rings is 1. The van der Waals surface area contributed by atoms with Gasteiger partial charge in [0.2, 0.25) is 5.91 Å². The lowest BCUT2D eigenvalue weighted by Crippen LogP contribution is -2.70. The fourth-order valence-electron chi connectivity index (χ4n) is 4.14. The largest absolute Gasteiger partial charge is 0.459 e. The van der Waals surface area contributed by atoms with Crippen LogP contribution < -0.4 is 0 Å². The molecule has 1 aromatic carbocycles. The highest BCUT2D eigenvalue weighted by Gasteiger charge is 2.59. The zero-order chi connectivity index (χ0) is 27.4. The van der Waals surface area contributed by atoms with Crippen molar-refractivity contribution in [2.24, 2.45) is 17.3 Å². The van der Waals surface area contributed by atoms with Gasteiger partial charge in [-0.3, -0.25) is 24.6 Å². The Morgan fingerprint density at radius 3 is 2.22 bits per heavy atom. The lowest BCUT2D eigenvalue weighted by Gasteiger charge is -2.53. The highest BCUT2D eigenvalue weighted by molar-refractivity contribution is 6.48. The highest BCUT2D eigenvalue weighted by Crippen LogP contribution is 2.44. The summed E-state index contributed by atoms with van der Waals surface area (Å²) in [6.07, 6.45) is -0.967. The number of ether oxygens (including phenoxy) is 2. The van der Waals surface area contributed by atoms with Crippen molar-refractivity contribution in [1.29, 1.82) is 0 Å². The van der Waals surface area contributed by atoms with Gasteiger partial charge < -0.3 is 13.9 Å². The van der Waals surface area contributed by atoms with Gasteiger partial charge in [-0.1, -0.05) is 27.4 Å². The second-order valence-electron chi connectivity index (χ2n) is 10.4. The molecule has 1 aliphatic rings. The SMILES string of the molecule is C=C(C)[C@H](C(=O)OCc1ccc([N+](=O)[O-])cc1)N1C(=O)[C@H]([C@@H](CO[SiH](C)C)C(C)(C)C)C1OC(C)=O. The number of nitro benzene ring substituents is 1. The number of β-lactam (4-membered cyclic amide) rings is 1. The van der Waals surface area contributed by atoms with Crippen LogP contribution in [-0.2, 0) is 34.9 Å². The minimum atomic E-state index is -1.37. The molecule has 0 bridgehead atoms. The molecule has 198 valence electrons. The molecule has 11 heteroatoms. The van der Waals surface area contributed by atoms with E-state index >= 15 is 0 Å². The molecule has 1 aromatic rings. The van der Waals surface area contributed by atoms with Gasteiger partial charge in [0.25, 0.3) is 5.69 Å². The van der Waals surface area contributed by atoms with E-state index in [1.54, 1.807) is 6.92 Å². The Hall–Kier alpha value is -3.05. The number of nitro groups is 1. The van der Waals surface area contributed by atoms with Crippen LogP contribution in [0.3, 0.4) is 0 Å². The van der Waals surface area contributed by atoms with Crippen molar-refractivity contribution < 1.29 is 33.2 Å². The van der Waals surface area contributed by atoms with Crippen LogP contribution in [0.4, 0.5) is 5.69 Å². The molecule has 0 spiro atoms. The standard InChI is InChI=1S/C25H36N2O8Si/c1-15(2)21(24(30)33-13-17-9-11-18(12-10-17)27(31)32)26-22(29)20(23(26)35-16(3)28)19(25(4,5)6)14-34-36(7)8/h9-12,19-21,23,36H,1,13-14H2,2-8H3/t19-,20+,21-,23?/m1/s1. The number of esters is 2. The molecule has 1 heterocycles. The molecule has 1 aliphatic heterocycles. The molecule has 4 atom stereocenters. The van der Waals surface area contributed by atoms with E-state index in [0.29, 0.717) is 17.7 Å². The molecule has 0 N–H and O–H groups in total. The third-order valence-electron chi connectivity index (χ3n) is 6.06. The van der Waals surface area contributed by atoms with Crippen molar-refractivity contribution in [3.63, 3.8) is 0 Å². The van der Waals surface area contributed by atoms with Crippen molar-refractivity contribution in [2.45, 2.75) is 66.6 Å². The molecule has 0 aromatic heterocycles. The molecule has 36 heavy (non-hydrogen) atoms. The Morgan fingerprint density at radius 2 is 1.78 bits per heavy atom. The maximum absolute atomic E-state index is 13.5. The number of rotatable bonds is 11. The van der Waals surface area contributed by atoms with Crippen LogP contribution in [0.2, 0.25) is 13.1 Å². The first kappa shape index (κ1) is 29.2. The number of nitrogens with zero attached hydrogens (tertiary/aromatic N) is 2. The Labute approximate surface area is 213 Å². The lowest BCUT2D eigenvalue weighted by molar-refractivity contribution is -0.384. The van der Waals surface area contributed by atoms with Crippen LogP contribution in [0.1, 0.15) is 40.2 Å². The van der Waals surface area contributed by atoms with Crippen molar-refractivity contribution in [2.75, 3.05) is 6.61 Å². The van der Waals surface area contributed by atoms with E-state index in [2.05, 4.69) is 6.58 Å². The fraction of sp³-hybridized carbons (Fsp3) is 0.560. The van der Waals surface area contributed by atoms with Gasteiger partial charge in [0.15, 0.2) is 21.3 Å². The number of carbonyl (C=O) groups excluding carboxylic acids is 3. The Morgan fingerprint density at radius 1 is 1.19 bits per heavy atom. The quantitative estimate of drug-likeness (QED) is 0.108. The first-order valence-electron chi connectivity index (χ1n) is 11.8. The zero-order valence-electron chi connectivity index (χ0n) is 22.0. The molecule has 1 saturated heterocycles. The first-order chi connectivity index (χ1) is 16.6. The van der Waals surface area contributed by atoms with Crippen molar-refractivity contribution in [3.05, 3.63) is 52.1 Å². The molecule has 1 amide bonds. The van der Waals surface area contributed by atoms with Gasteiger partial charge in [0.05, 0.1) is 4.92 Å². The summed E-state index contributed by atoms with van der Waals surface area (Å²) in [7, 11) is -1.37. The third kappa shape index (κ3) is 7.00. The number of non-ortho nitro benzene ring substituents is 1. The van der Waals surface area contributed by atoms with Crippen LogP contribution in [0.25, 0.3) is 0 Å². The number of likely N-dealkylation sites (tertiary alicyclic amines) is 1.